The summed E-state index contributed by atoms with van der Waals surface area (Å²) in [5.41, 5.74) is 0.636. The van der Waals surface area contributed by atoms with Crippen molar-refractivity contribution in [1.29, 1.82) is 0 Å². The van der Waals surface area contributed by atoms with Crippen LogP contribution in [0.4, 0.5) is 5.69 Å². The summed E-state index contributed by atoms with van der Waals surface area (Å²) >= 11 is 1.37. The first-order valence-corrected chi connectivity index (χ1v) is 8.63. The second kappa shape index (κ2) is 7.48. The highest BCUT2D eigenvalue weighted by Gasteiger charge is 2.25. The summed E-state index contributed by atoms with van der Waals surface area (Å²) in [5.74, 6) is -0.340. The summed E-state index contributed by atoms with van der Waals surface area (Å²) in [6.07, 6.45) is 0.0107. The number of carbonyl (C=O) groups excluding carboxylic acids is 3. The average Bonchev–Trinajstić information content (AvgIpc) is 3.05. The Hall–Kier alpha value is -2.67. The standard InChI is InChI=1S/C18H17NO5S/c1-12-6-7-16(25-12)14(20)10-24-18(22)8-9-19-13-4-2-3-5-15(13)23-11-17(19)21/h2-7H,8-11H2,1H3. The molecule has 0 N–H and O–H groups in total. The lowest BCUT2D eigenvalue weighted by Gasteiger charge is -2.28. The fourth-order valence-electron chi connectivity index (χ4n) is 2.48. The molecule has 0 fully saturated rings. The summed E-state index contributed by atoms with van der Waals surface area (Å²) in [4.78, 5) is 39.0. The number of thiophene rings is 1. The van der Waals surface area contributed by atoms with Gasteiger partial charge < -0.3 is 14.4 Å². The van der Waals surface area contributed by atoms with E-state index in [0.717, 1.165) is 4.88 Å². The van der Waals surface area contributed by atoms with Crippen LogP contribution < -0.4 is 9.64 Å². The number of anilines is 1. The smallest absolute Gasteiger partial charge is 0.308 e. The predicted molar refractivity (Wildman–Crippen MR) is 93.3 cm³/mol. The lowest BCUT2D eigenvalue weighted by Crippen LogP contribution is -2.40. The number of esters is 1. The molecule has 6 nitrogen and oxygen atoms in total. The normalized spacial score (nSPS) is 13.2. The zero-order chi connectivity index (χ0) is 17.8. The van der Waals surface area contributed by atoms with Gasteiger partial charge in [-0.3, -0.25) is 14.4 Å². The first-order chi connectivity index (χ1) is 12.0. The molecule has 25 heavy (non-hydrogen) atoms. The highest BCUT2D eigenvalue weighted by molar-refractivity contribution is 7.14. The number of hydrogen-bond donors (Lipinski definition) is 0. The quantitative estimate of drug-likeness (QED) is 0.585. The van der Waals surface area contributed by atoms with Crippen molar-refractivity contribution < 1.29 is 23.9 Å². The molecule has 0 spiro atoms. The Bertz CT molecular complexity index is 813. The number of ether oxygens (including phenoxy) is 2. The van der Waals surface area contributed by atoms with E-state index in [-0.39, 0.29) is 37.9 Å². The van der Waals surface area contributed by atoms with Gasteiger partial charge in [0.2, 0.25) is 5.78 Å². The number of hydrogen-bond acceptors (Lipinski definition) is 6. The lowest BCUT2D eigenvalue weighted by molar-refractivity contribution is -0.142. The topological polar surface area (TPSA) is 72.9 Å². The van der Waals surface area contributed by atoms with Gasteiger partial charge in [-0.25, -0.2) is 0 Å². The van der Waals surface area contributed by atoms with Gasteiger partial charge in [-0.05, 0) is 31.2 Å². The van der Waals surface area contributed by atoms with Crippen LogP contribution in [0.2, 0.25) is 0 Å². The van der Waals surface area contributed by atoms with Crippen molar-refractivity contribution >= 4 is 34.7 Å². The monoisotopic (exact) mass is 359 g/mol. The molecule has 0 radical (unpaired) electrons. The number of benzene rings is 1. The van der Waals surface area contributed by atoms with E-state index < -0.39 is 5.97 Å². The van der Waals surface area contributed by atoms with E-state index >= 15 is 0 Å². The zero-order valence-electron chi connectivity index (χ0n) is 13.7. The molecule has 1 aromatic carbocycles. The Morgan fingerprint density at radius 1 is 1.24 bits per heavy atom. The fourth-order valence-corrected chi connectivity index (χ4v) is 3.27. The third-order valence-corrected chi connectivity index (χ3v) is 4.77. The molecule has 0 saturated carbocycles. The van der Waals surface area contributed by atoms with Gasteiger partial charge in [0, 0.05) is 11.4 Å². The van der Waals surface area contributed by atoms with Gasteiger partial charge in [0.15, 0.2) is 13.2 Å². The van der Waals surface area contributed by atoms with Crippen LogP contribution in [0.1, 0.15) is 21.0 Å². The van der Waals surface area contributed by atoms with E-state index in [1.165, 1.54) is 16.2 Å². The largest absolute Gasteiger partial charge is 0.482 e. The Balaban J connectivity index is 1.52. The van der Waals surface area contributed by atoms with E-state index in [1.54, 1.807) is 24.3 Å². The SMILES string of the molecule is Cc1ccc(C(=O)COC(=O)CCN2C(=O)COc3ccccc32)s1. The molecule has 3 rings (SSSR count). The third-order valence-electron chi connectivity index (χ3n) is 3.73. The molecular formula is C18H17NO5S. The van der Waals surface area contributed by atoms with Crippen LogP contribution in [0.3, 0.4) is 0 Å². The second-order valence-corrected chi connectivity index (χ2v) is 6.83. The van der Waals surface area contributed by atoms with Gasteiger partial charge in [0.1, 0.15) is 5.75 Å². The average molecular weight is 359 g/mol. The van der Waals surface area contributed by atoms with Gasteiger partial charge in [-0.15, -0.1) is 11.3 Å². The molecule has 1 amide bonds. The molecule has 0 unspecified atom stereocenters. The molecule has 1 aliphatic rings. The van der Waals surface area contributed by atoms with Crippen LogP contribution in [0.25, 0.3) is 0 Å². The van der Waals surface area contributed by atoms with Crippen LogP contribution >= 0.6 is 11.3 Å². The summed E-state index contributed by atoms with van der Waals surface area (Å²) in [6, 6.07) is 10.7. The molecule has 2 heterocycles. The van der Waals surface area contributed by atoms with Crippen molar-refractivity contribution in [2.75, 3.05) is 24.7 Å². The molecule has 0 saturated heterocycles. The van der Waals surface area contributed by atoms with Crippen LogP contribution in [0.15, 0.2) is 36.4 Å². The van der Waals surface area contributed by atoms with Crippen LogP contribution in [0.5, 0.6) is 5.75 Å². The minimum Gasteiger partial charge on any atom is -0.482 e. The fraction of sp³-hybridized carbons (Fsp3) is 0.278. The Morgan fingerprint density at radius 2 is 2.04 bits per heavy atom. The predicted octanol–water partition coefficient (Wildman–Crippen LogP) is 2.60. The maximum atomic E-state index is 12.0. The highest BCUT2D eigenvalue weighted by atomic mass is 32.1. The van der Waals surface area contributed by atoms with E-state index in [4.69, 9.17) is 9.47 Å². The molecule has 0 aliphatic carbocycles. The van der Waals surface area contributed by atoms with Gasteiger partial charge >= 0.3 is 5.97 Å². The van der Waals surface area contributed by atoms with Gasteiger partial charge in [-0.2, -0.15) is 0 Å². The molecule has 2 aromatic rings. The van der Waals surface area contributed by atoms with E-state index in [0.29, 0.717) is 16.3 Å². The van der Waals surface area contributed by atoms with Gasteiger partial charge in [-0.1, -0.05) is 12.1 Å². The third kappa shape index (κ3) is 4.06. The van der Waals surface area contributed by atoms with Crippen molar-refractivity contribution in [3.8, 4) is 5.75 Å². The Labute approximate surface area is 149 Å². The number of rotatable bonds is 6. The number of nitrogens with zero attached hydrogens (tertiary/aromatic N) is 1. The number of amides is 1. The van der Waals surface area contributed by atoms with Gasteiger partial charge in [0.05, 0.1) is 17.0 Å². The van der Waals surface area contributed by atoms with E-state index in [9.17, 15) is 14.4 Å². The molecule has 130 valence electrons. The second-order valence-electron chi connectivity index (χ2n) is 5.55. The maximum absolute atomic E-state index is 12.0. The number of ketones is 1. The van der Waals surface area contributed by atoms with E-state index in [1.807, 2.05) is 19.1 Å². The van der Waals surface area contributed by atoms with Gasteiger partial charge in [0.25, 0.3) is 5.91 Å². The van der Waals surface area contributed by atoms with Crippen molar-refractivity contribution in [2.45, 2.75) is 13.3 Å². The summed E-state index contributed by atoms with van der Waals surface area (Å²) in [5, 5.41) is 0. The summed E-state index contributed by atoms with van der Waals surface area (Å²) in [6.45, 7) is 1.75. The lowest BCUT2D eigenvalue weighted by atomic mass is 10.2. The molecule has 1 aromatic heterocycles. The molecule has 1 aliphatic heterocycles. The molecular weight excluding hydrogens is 342 g/mol. The molecule has 0 bridgehead atoms. The maximum Gasteiger partial charge on any atom is 0.308 e. The highest BCUT2D eigenvalue weighted by Crippen LogP contribution is 2.31. The molecule has 7 heteroatoms. The number of para-hydroxylation sites is 2. The number of aryl methyl sites for hydroxylation is 1. The van der Waals surface area contributed by atoms with Crippen molar-refractivity contribution in [1.82, 2.24) is 0 Å². The summed E-state index contributed by atoms with van der Waals surface area (Å²) in [7, 11) is 0. The first-order valence-electron chi connectivity index (χ1n) is 7.82. The van der Waals surface area contributed by atoms with Crippen molar-refractivity contribution in [3.63, 3.8) is 0 Å². The minimum absolute atomic E-state index is 0.0107. The first kappa shape index (κ1) is 17.2. The molecule has 0 atom stereocenters. The summed E-state index contributed by atoms with van der Waals surface area (Å²) < 4.78 is 10.4. The van der Waals surface area contributed by atoms with Crippen LogP contribution in [-0.2, 0) is 14.3 Å². The van der Waals surface area contributed by atoms with E-state index in [2.05, 4.69) is 0 Å². The van der Waals surface area contributed by atoms with Crippen molar-refractivity contribution in [3.05, 3.63) is 46.2 Å². The Morgan fingerprint density at radius 3 is 2.80 bits per heavy atom. The number of Topliss-reactive ketones (excluding diaryl/α,β-unsaturated/α-hetero) is 1. The van der Waals surface area contributed by atoms with Crippen LogP contribution in [-0.4, -0.2) is 37.4 Å². The Kier molecular flexibility index (Phi) is 5.14. The number of fused-ring (bicyclic) bond motifs is 1. The van der Waals surface area contributed by atoms with Crippen LogP contribution in [0, 0.1) is 6.92 Å². The minimum atomic E-state index is -0.515. The zero-order valence-corrected chi connectivity index (χ0v) is 14.5. The number of carbonyl (C=O) groups is 3. The van der Waals surface area contributed by atoms with Crippen molar-refractivity contribution in [2.24, 2.45) is 0 Å².